The van der Waals surface area contributed by atoms with Crippen LogP contribution in [0.3, 0.4) is 0 Å². The molecule has 0 saturated heterocycles. The molecule has 7 heteroatoms. The highest BCUT2D eigenvalue weighted by atomic mass is 32.1. The van der Waals surface area contributed by atoms with Gasteiger partial charge in [-0.15, -0.1) is 11.3 Å². The van der Waals surface area contributed by atoms with Gasteiger partial charge in [0.05, 0.1) is 5.56 Å². The van der Waals surface area contributed by atoms with Gasteiger partial charge in [0.2, 0.25) is 0 Å². The van der Waals surface area contributed by atoms with Gasteiger partial charge in [0.15, 0.2) is 0 Å². The first-order valence-electron chi connectivity index (χ1n) is 7.82. The molecule has 1 aromatic carbocycles. The van der Waals surface area contributed by atoms with Gasteiger partial charge in [-0.25, -0.2) is 0 Å². The van der Waals surface area contributed by atoms with Crippen LogP contribution in [0.25, 0.3) is 0 Å². The van der Waals surface area contributed by atoms with Gasteiger partial charge < -0.3 is 15.7 Å². The molecule has 1 heterocycles. The van der Waals surface area contributed by atoms with Crippen LogP contribution in [0.5, 0.6) is 0 Å². The van der Waals surface area contributed by atoms with Crippen LogP contribution < -0.4 is 10.6 Å². The van der Waals surface area contributed by atoms with Crippen molar-refractivity contribution in [2.45, 2.75) is 32.7 Å². The molecule has 1 aromatic heterocycles. The number of nitrogens with one attached hydrogen (secondary N) is 2. The Kier molecular flexibility index (Phi) is 5.93. The molecule has 0 radical (unpaired) electrons. The zero-order valence-electron chi connectivity index (χ0n) is 14.2. The van der Waals surface area contributed by atoms with Crippen LogP contribution in [0.4, 0.5) is 5.00 Å². The van der Waals surface area contributed by atoms with Crippen LogP contribution in [0.2, 0.25) is 0 Å². The quantitative estimate of drug-likeness (QED) is 0.736. The fourth-order valence-electron chi connectivity index (χ4n) is 2.12. The van der Waals surface area contributed by atoms with Gasteiger partial charge in [0.1, 0.15) is 11.0 Å². The Morgan fingerprint density at radius 3 is 2.20 bits per heavy atom. The molecule has 6 nitrogen and oxygen atoms in total. The van der Waals surface area contributed by atoms with E-state index in [-0.39, 0.29) is 11.5 Å². The summed E-state index contributed by atoms with van der Waals surface area (Å²) in [4.78, 5) is 35.4. The molecule has 0 unspecified atom stereocenters. The largest absolute Gasteiger partial charge is 0.480 e. The van der Waals surface area contributed by atoms with Crippen molar-refractivity contribution in [2.75, 3.05) is 5.32 Å². The summed E-state index contributed by atoms with van der Waals surface area (Å²) in [6, 6.07) is 7.81. The normalized spacial score (nSPS) is 11.8. The zero-order chi connectivity index (χ0) is 18.6. The summed E-state index contributed by atoms with van der Waals surface area (Å²) in [6.45, 7) is 5.52. The molecule has 2 rings (SSSR count). The standard InChI is InChI=1S/C18H20N2O4S/c1-10(2)12-4-6-13(7-5-12)15(21)20-17-14(8-9-25-17)16(22)19-11(3)18(23)24/h4-11H,1-3H3,(H,19,22)(H,20,21)(H,23,24)/t11-/m1/s1. The van der Waals surface area contributed by atoms with Crippen molar-refractivity contribution in [2.24, 2.45) is 0 Å². The summed E-state index contributed by atoms with van der Waals surface area (Å²) in [5, 5.41) is 16.0. The van der Waals surface area contributed by atoms with Crippen LogP contribution in [0.1, 0.15) is 53.0 Å². The van der Waals surface area contributed by atoms with E-state index in [4.69, 9.17) is 5.11 Å². The number of carboxylic acids is 1. The van der Waals surface area contributed by atoms with Gasteiger partial charge in [-0.05, 0) is 42.0 Å². The summed E-state index contributed by atoms with van der Waals surface area (Å²) in [6.07, 6.45) is 0. The molecular formula is C18H20N2O4S. The van der Waals surface area contributed by atoms with E-state index in [0.29, 0.717) is 16.5 Å². The van der Waals surface area contributed by atoms with Crippen LogP contribution in [0.15, 0.2) is 35.7 Å². The number of aliphatic carboxylic acids is 1. The highest BCUT2D eigenvalue weighted by Crippen LogP contribution is 2.24. The maximum atomic E-state index is 12.4. The molecule has 0 bridgehead atoms. The average Bonchev–Trinajstić information content (AvgIpc) is 3.02. The molecule has 2 aromatic rings. The third-order valence-electron chi connectivity index (χ3n) is 3.69. The minimum atomic E-state index is -1.13. The number of benzene rings is 1. The summed E-state index contributed by atoms with van der Waals surface area (Å²) >= 11 is 1.20. The van der Waals surface area contributed by atoms with Crippen molar-refractivity contribution in [3.05, 3.63) is 52.4 Å². The molecule has 1 atom stereocenters. The lowest BCUT2D eigenvalue weighted by Gasteiger charge is -2.11. The van der Waals surface area contributed by atoms with Gasteiger partial charge in [0, 0.05) is 5.56 Å². The second-order valence-electron chi connectivity index (χ2n) is 5.93. The first-order valence-corrected chi connectivity index (χ1v) is 8.70. The molecule has 0 saturated carbocycles. The number of carbonyl (C=O) groups is 3. The Morgan fingerprint density at radius 2 is 1.64 bits per heavy atom. The lowest BCUT2D eigenvalue weighted by Crippen LogP contribution is -2.38. The minimum absolute atomic E-state index is 0.241. The van der Waals surface area contributed by atoms with Crippen LogP contribution in [-0.2, 0) is 4.79 Å². The van der Waals surface area contributed by atoms with Gasteiger partial charge in [0.25, 0.3) is 11.8 Å². The summed E-state index contributed by atoms with van der Waals surface area (Å²) < 4.78 is 0. The highest BCUT2D eigenvalue weighted by molar-refractivity contribution is 7.14. The Hall–Kier alpha value is -2.67. The van der Waals surface area contributed by atoms with Crippen molar-refractivity contribution >= 4 is 34.1 Å². The SMILES string of the molecule is CC(C)c1ccc(C(=O)Nc2sccc2C(=O)N[C@H](C)C(=O)O)cc1. The number of hydrogen-bond donors (Lipinski definition) is 3. The number of thiophene rings is 1. The lowest BCUT2D eigenvalue weighted by molar-refractivity contribution is -0.138. The van der Waals surface area contributed by atoms with Crippen molar-refractivity contribution in [3.63, 3.8) is 0 Å². The molecule has 0 aliphatic carbocycles. The predicted octanol–water partition coefficient (Wildman–Crippen LogP) is 3.33. The van der Waals surface area contributed by atoms with E-state index in [9.17, 15) is 14.4 Å². The smallest absolute Gasteiger partial charge is 0.325 e. The number of carbonyl (C=O) groups excluding carboxylic acids is 2. The number of anilines is 1. The van der Waals surface area contributed by atoms with Crippen molar-refractivity contribution in [1.82, 2.24) is 5.32 Å². The zero-order valence-corrected chi connectivity index (χ0v) is 15.0. The van der Waals surface area contributed by atoms with Gasteiger partial charge in [-0.3, -0.25) is 14.4 Å². The van der Waals surface area contributed by atoms with Crippen molar-refractivity contribution in [3.8, 4) is 0 Å². The maximum Gasteiger partial charge on any atom is 0.325 e. The summed E-state index contributed by atoms with van der Waals surface area (Å²) in [7, 11) is 0. The molecule has 3 N–H and O–H groups in total. The van der Waals surface area contributed by atoms with E-state index in [1.165, 1.54) is 18.3 Å². The Labute approximate surface area is 149 Å². The molecular weight excluding hydrogens is 340 g/mol. The minimum Gasteiger partial charge on any atom is -0.480 e. The third kappa shape index (κ3) is 4.67. The van der Waals surface area contributed by atoms with E-state index in [2.05, 4.69) is 24.5 Å². The van der Waals surface area contributed by atoms with Crippen LogP contribution in [-0.4, -0.2) is 28.9 Å². The Bertz CT molecular complexity index is 781. The number of rotatable bonds is 6. The van der Waals surface area contributed by atoms with Crippen molar-refractivity contribution < 1.29 is 19.5 Å². The average molecular weight is 360 g/mol. The van der Waals surface area contributed by atoms with E-state index < -0.39 is 17.9 Å². The third-order valence-corrected chi connectivity index (χ3v) is 4.52. The highest BCUT2D eigenvalue weighted by Gasteiger charge is 2.20. The number of amides is 2. The topological polar surface area (TPSA) is 95.5 Å². The summed E-state index contributed by atoms with van der Waals surface area (Å²) in [5.41, 5.74) is 1.86. The summed E-state index contributed by atoms with van der Waals surface area (Å²) in [5.74, 6) is -1.61. The first kappa shape index (κ1) is 18.7. The van der Waals surface area contributed by atoms with Gasteiger partial charge in [-0.2, -0.15) is 0 Å². The van der Waals surface area contributed by atoms with E-state index in [1.54, 1.807) is 23.6 Å². The van der Waals surface area contributed by atoms with Crippen LogP contribution in [0, 0.1) is 0 Å². The predicted molar refractivity (Wildman–Crippen MR) is 97.4 cm³/mol. The van der Waals surface area contributed by atoms with E-state index >= 15 is 0 Å². The molecule has 0 fully saturated rings. The molecule has 25 heavy (non-hydrogen) atoms. The molecule has 0 aliphatic rings. The molecule has 0 aliphatic heterocycles. The fraction of sp³-hybridized carbons (Fsp3) is 0.278. The maximum absolute atomic E-state index is 12.4. The molecule has 0 spiro atoms. The van der Waals surface area contributed by atoms with Gasteiger partial charge in [-0.1, -0.05) is 26.0 Å². The second kappa shape index (κ2) is 7.94. The molecule has 2 amide bonds. The lowest BCUT2D eigenvalue weighted by atomic mass is 10.0. The van der Waals surface area contributed by atoms with Crippen LogP contribution >= 0.6 is 11.3 Å². The molecule has 132 valence electrons. The fourth-order valence-corrected chi connectivity index (χ4v) is 2.90. The number of hydrogen-bond acceptors (Lipinski definition) is 4. The monoisotopic (exact) mass is 360 g/mol. The Morgan fingerprint density at radius 1 is 1.00 bits per heavy atom. The van der Waals surface area contributed by atoms with E-state index in [0.717, 1.165) is 5.56 Å². The second-order valence-corrected chi connectivity index (χ2v) is 6.84. The first-order chi connectivity index (χ1) is 11.8. The Balaban J connectivity index is 2.10. The number of carboxylic acid groups (broad SMARTS) is 1. The van der Waals surface area contributed by atoms with Gasteiger partial charge >= 0.3 is 5.97 Å². The van der Waals surface area contributed by atoms with Crippen molar-refractivity contribution in [1.29, 1.82) is 0 Å². The van der Waals surface area contributed by atoms with E-state index in [1.807, 2.05) is 12.1 Å².